The topological polar surface area (TPSA) is 151 Å². The summed E-state index contributed by atoms with van der Waals surface area (Å²) in [6, 6.07) is 18.8. The molecule has 0 heterocycles. The first-order valence-electron chi connectivity index (χ1n) is 10.7. The summed E-state index contributed by atoms with van der Waals surface area (Å²) in [6.45, 7) is 1.77. The zero-order valence-electron chi connectivity index (χ0n) is 18.9. The van der Waals surface area contributed by atoms with E-state index in [0.29, 0.717) is 11.3 Å². The number of carbonyl (C=O) groups excluding carboxylic acids is 3. The van der Waals surface area contributed by atoms with Gasteiger partial charge in [-0.3, -0.25) is 25.0 Å². The predicted molar refractivity (Wildman–Crippen MR) is 134 cm³/mol. The van der Waals surface area contributed by atoms with Gasteiger partial charge in [-0.15, -0.1) is 0 Å². The molecule has 0 aliphatic rings. The SMILES string of the molecule is Cc1c(O)ccc2cc(C(=O)NC(=O)Nc3ccc(C(=O)Nc4cccc([N+](=O)[O-])c4)cc3)ccc12. The van der Waals surface area contributed by atoms with Crippen molar-refractivity contribution >= 4 is 45.7 Å². The van der Waals surface area contributed by atoms with Crippen LogP contribution in [0.3, 0.4) is 0 Å². The monoisotopic (exact) mass is 484 g/mol. The van der Waals surface area contributed by atoms with E-state index in [1.165, 1.54) is 48.5 Å². The van der Waals surface area contributed by atoms with Crippen LogP contribution >= 0.6 is 0 Å². The highest BCUT2D eigenvalue weighted by molar-refractivity contribution is 6.09. The third-order valence-electron chi connectivity index (χ3n) is 5.47. The lowest BCUT2D eigenvalue weighted by atomic mass is 10.0. The number of phenols is 1. The smallest absolute Gasteiger partial charge is 0.326 e. The third kappa shape index (κ3) is 5.28. The highest BCUT2D eigenvalue weighted by Gasteiger charge is 2.14. The standard InChI is InChI=1S/C26H20N4O6/c1-15-22-11-7-18(13-17(22)8-12-23(15)31)25(33)29-26(34)28-19-9-5-16(6-10-19)24(32)27-20-3-2-4-21(14-20)30(35)36/h2-14,31H,1H3,(H,27,32)(H2,28,29,33,34). The minimum Gasteiger partial charge on any atom is -0.508 e. The van der Waals surface area contributed by atoms with Gasteiger partial charge < -0.3 is 15.7 Å². The summed E-state index contributed by atoms with van der Waals surface area (Å²) in [7, 11) is 0. The second kappa shape index (κ2) is 9.94. The first-order chi connectivity index (χ1) is 17.2. The fourth-order valence-electron chi connectivity index (χ4n) is 3.56. The lowest BCUT2D eigenvalue weighted by molar-refractivity contribution is -0.384. The molecule has 4 amide bonds. The summed E-state index contributed by atoms with van der Waals surface area (Å²) in [5.41, 5.74) is 1.70. The van der Waals surface area contributed by atoms with Gasteiger partial charge in [-0.05, 0) is 71.8 Å². The van der Waals surface area contributed by atoms with Crippen LogP contribution in [0, 0.1) is 17.0 Å². The first kappa shape index (κ1) is 23.9. The van der Waals surface area contributed by atoms with E-state index in [2.05, 4.69) is 16.0 Å². The number of aromatic hydroxyl groups is 1. The van der Waals surface area contributed by atoms with Crippen LogP contribution < -0.4 is 16.0 Å². The lowest BCUT2D eigenvalue weighted by Gasteiger charge is -2.10. The minimum absolute atomic E-state index is 0.147. The zero-order chi connectivity index (χ0) is 25.8. The zero-order valence-corrected chi connectivity index (χ0v) is 18.9. The average molecular weight is 484 g/mol. The van der Waals surface area contributed by atoms with Gasteiger partial charge in [0, 0.05) is 34.6 Å². The maximum Gasteiger partial charge on any atom is 0.326 e. The molecule has 10 heteroatoms. The van der Waals surface area contributed by atoms with E-state index < -0.39 is 22.8 Å². The maximum atomic E-state index is 12.5. The molecule has 0 fully saturated rings. The molecule has 0 saturated carbocycles. The Morgan fingerprint density at radius 2 is 1.53 bits per heavy atom. The van der Waals surface area contributed by atoms with E-state index >= 15 is 0 Å². The van der Waals surface area contributed by atoms with Crippen molar-refractivity contribution in [2.45, 2.75) is 6.92 Å². The van der Waals surface area contributed by atoms with Gasteiger partial charge in [0.05, 0.1) is 4.92 Å². The number of benzene rings is 4. The van der Waals surface area contributed by atoms with Gasteiger partial charge in [-0.25, -0.2) is 4.79 Å². The van der Waals surface area contributed by atoms with Crippen molar-refractivity contribution in [3.8, 4) is 5.75 Å². The summed E-state index contributed by atoms with van der Waals surface area (Å²) in [6.07, 6.45) is 0. The number of hydrogen-bond donors (Lipinski definition) is 4. The molecule has 0 unspecified atom stereocenters. The van der Waals surface area contributed by atoms with Gasteiger partial charge in [-0.2, -0.15) is 0 Å². The number of anilines is 2. The number of non-ortho nitro benzene ring substituents is 1. The Morgan fingerprint density at radius 1 is 0.806 bits per heavy atom. The van der Waals surface area contributed by atoms with Crippen molar-refractivity contribution in [2.75, 3.05) is 10.6 Å². The molecule has 10 nitrogen and oxygen atoms in total. The summed E-state index contributed by atoms with van der Waals surface area (Å²) in [5.74, 6) is -0.929. The molecule has 0 bridgehead atoms. The van der Waals surface area contributed by atoms with E-state index in [4.69, 9.17) is 0 Å². The molecule has 0 aliphatic heterocycles. The van der Waals surface area contributed by atoms with Crippen LogP contribution in [0.1, 0.15) is 26.3 Å². The van der Waals surface area contributed by atoms with Crippen LogP contribution in [0.15, 0.2) is 78.9 Å². The van der Waals surface area contributed by atoms with Crippen molar-refractivity contribution < 1.29 is 24.4 Å². The number of imide groups is 1. The molecule has 0 aromatic heterocycles. The summed E-state index contributed by atoms with van der Waals surface area (Å²) in [5, 5.41) is 29.6. The molecule has 4 aromatic rings. The lowest BCUT2D eigenvalue weighted by Crippen LogP contribution is -2.34. The fraction of sp³-hybridized carbons (Fsp3) is 0.0385. The van der Waals surface area contributed by atoms with Crippen molar-refractivity contribution in [2.24, 2.45) is 0 Å². The molecule has 4 aromatic carbocycles. The number of hydrogen-bond acceptors (Lipinski definition) is 6. The molecular formula is C26H20N4O6. The fourth-order valence-corrected chi connectivity index (χ4v) is 3.56. The Bertz CT molecular complexity index is 1520. The van der Waals surface area contributed by atoms with Crippen molar-refractivity contribution in [3.63, 3.8) is 0 Å². The highest BCUT2D eigenvalue weighted by Crippen LogP contribution is 2.27. The number of carbonyl (C=O) groups is 3. The van der Waals surface area contributed by atoms with Gasteiger partial charge in [0.1, 0.15) is 5.75 Å². The molecule has 0 atom stereocenters. The molecule has 0 aliphatic carbocycles. The molecule has 36 heavy (non-hydrogen) atoms. The molecular weight excluding hydrogens is 464 g/mol. The quantitative estimate of drug-likeness (QED) is 0.232. The number of nitro benzene ring substituents is 1. The number of nitrogens with one attached hydrogen (secondary N) is 3. The molecule has 4 N–H and O–H groups in total. The number of phenolic OH excluding ortho intramolecular Hbond substituents is 1. The number of nitrogens with zero attached hydrogens (tertiary/aromatic N) is 1. The Hall–Kier alpha value is -5.25. The maximum absolute atomic E-state index is 12.5. The van der Waals surface area contributed by atoms with E-state index in [0.717, 1.165) is 10.8 Å². The average Bonchev–Trinajstić information content (AvgIpc) is 2.86. The van der Waals surface area contributed by atoms with Crippen molar-refractivity contribution in [1.82, 2.24) is 5.32 Å². The normalized spacial score (nSPS) is 10.5. The molecule has 0 radical (unpaired) electrons. The van der Waals surface area contributed by atoms with Crippen LogP contribution in [0.5, 0.6) is 5.75 Å². The second-order valence-corrected chi connectivity index (χ2v) is 7.89. The van der Waals surface area contributed by atoms with Crippen LogP contribution in [-0.2, 0) is 0 Å². The van der Waals surface area contributed by atoms with E-state index in [1.807, 2.05) is 0 Å². The van der Waals surface area contributed by atoms with Gasteiger partial charge in [0.15, 0.2) is 0 Å². The van der Waals surface area contributed by atoms with Crippen LogP contribution in [-0.4, -0.2) is 27.9 Å². The largest absolute Gasteiger partial charge is 0.508 e. The van der Waals surface area contributed by atoms with E-state index in [-0.39, 0.29) is 28.3 Å². The van der Waals surface area contributed by atoms with E-state index in [9.17, 15) is 29.6 Å². The number of aryl methyl sites for hydroxylation is 1. The van der Waals surface area contributed by atoms with Gasteiger partial charge in [0.25, 0.3) is 17.5 Å². The molecule has 4 rings (SSSR count). The molecule has 0 spiro atoms. The number of rotatable bonds is 5. The highest BCUT2D eigenvalue weighted by atomic mass is 16.6. The summed E-state index contributed by atoms with van der Waals surface area (Å²) >= 11 is 0. The number of amides is 4. The van der Waals surface area contributed by atoms with E-state index in [1.54, 1.807) is 37.3 Å². The third-order valence-corrected chi connectivity index (χ3v) is 5.47. The summed E-state index contributed by atoms with van der Waals surface area (Å²) in [4.78, 5) is 47.6. The van der Waals surface area contributed by atoms with Crippen molar-refractivity contribution in [3.05, 3.63) is 106 Å². The Kier molecular flexibility index (Phi) is 6.59. The molecule has 180 valence electrons. The minimum atomic E-state index is -0.754. The predicted octanol–water partition coefficient (Wildman–Crippen LogP) is 4.98. The Balaban J connectivity index is 1.37. The Morgan fingerprint density at radius 3 is 2.25 bits per heavy atom. The second-order valence-electron chi connectivity index (χ2n) is 7.89. The number of urea groups is 1. The number of nitro groups is 1. The van der Waals surface area contributed by atoms with Crippen molar-refractivity contribution in [1.29, 1.82) is 0 Å². The van der Waals surface area contributed by atoms with Crippen LogP contribution in [0.4, 0.5) is 21.9 Å². The first-order valence-corrected chi connectivity index (χ1v) is 10.7. The van der Waals surface area contributed by atoms with Gasteiger partial charge >= 0.3 is 6.03 Å². The summed E-state index contributed by atoms with van der Waals surface area (Å²) < 4.78 is 0. The van der Waals surface area contributed by atoms with Gasteiger partial charge in [-0.1, -0.05) is 18.2 Å². The van der Waals surface area contributed by atoms with Crippen LogP contribution in [0.25, 0.3) is 10.8 Å². The van der Waals surface area contributed by atoms with Crippen LogP contribution in [0.2, 0.25) is 0 Å². The van der Waals surface area contributed by atoms with Gasteiger partial charge in [0.2, 0.25) is 0 Å². The number of fused-ring (bicyclic) bond motifs is 1. The molecule has 0 saturated heterocycles. The Labute approximate surface area is 204 Å².